The lowest BCUT2D eigenvalue weighted by atomic mass is 9.97. The SMILES string of the molecule is C[C@@H](C(=O)N1CCCC[C@@H]1C(=O)O)c1ccsc1. The minimum Gasteiger partial charge on any atom is -0.480 e. The number of hydrogen-bond acceptors (Lipinski definition) is 3. The van der Waals surface area contributed by atoms with Crippen LogP contribution in [0.5, 0.6) is 0 Å². The Morgan fingerprint density at radius 2 is 2.28 bits per heavy atom. The molecule has 0 radical (unpaired) electrons. The van der Waals surface area contributed by atoms with Crippen molar-refractivity contribution in [2.24, 2.45) is 0 Å². The minimum absolute atomic E-state index is 0.0690. The molecule has 18 heavy (non-hydrogen) atoms. The third kappa shape index (κ3) is 2.56. The summed E-state index contributed by atoms with van der Waals surface area (Å²) in [7, 11) is 0. The van der Waals surface area contributed by atoms with Crippen LogP contribution in [0.3, 0.4) is 0 Å². The van der Waals surface area contributed by atoms with Gasteiger partial charge in [-0.25, -0.2) is 4.79 Å². The van der Waals surface area contributed by atoms with Crippen LogP contribution in [-0.2, 0) is 9.59 Å². The zero-order valence-corrected chi connectivity index (χ0v) is 11.2. The highest BCUT2D eigenvalue weighted by Crippen LogP contribution is 2.25. The molecule has 1 amide bonds. The van der Waals surface area contributed by atoms with E-state index in [1.807, 2.05) is 23.8 Å². The van der Waals surface area contributed by atoms with Gasteiger partial charge in [-0.05, 0) is 48.6 Å². The van der Waals surface area contributed by atoms with E-state index < -0.39 is 12.0 Å². The van der Waals surface area contributed by atoms with Gasteiger partial charge in [-0.1, -0.05) is 0 Å². The van der Waals surface area contributed by atoms with E-state index in [0.717, 1.165) is 18.4 Å². The second kappa shape index (κ2) is 5.52. The van der Waals surface area contributed by atoms with Gasteiger partial charge >= 0.3 is 5.97 Å². The van der Waals surface area contributed by atoms with Gasteiger partial charge in [0.05, 0.1) is 5.92 Å². The van der Waals surface area contributed by atoms with Gasteiger partial charge < -0.3 is 10.0 Å². The second-order valence-corrected chi connectivity index (χ2v) is 5.44. The Labute approximate surface area is 110 Å². The quantitative estimate of drug-likeness (QED) is 0.914. The molecule has 1 fully saturated rings. The predicted octanol–water partition coefficient (Wildman–Crippen LogP) is 2.32. The number of piperidine rings is 1. The van der Waals surface area contributed by atoms with Crippen molar-refractivity contribution in [3.05, 3.63) is 22.4 Å². The summed E-state index contributed by atoms with van der Waals surface area (Å²) in [6.07, 6.45) is 2.34. The molecule has 2 atom stereocenters. The fraction of sp³-hybridized carbons (Fsp3) is 0.538. The average molecular weight is 267 g/mol. The van der Waals surface area contributed by atoms with Crippen LogP contribution in [-0.4, -0.2) is 34.5 Å². The van der Waals surface area contributed by atoms with Gasteiger partial charge in [0.15, 0.2) is 0 Å². The maximum atomic E-state index is 12.4. The van der Waals surface area contributed by atoms with Crippen LogP contribution in [0.25, 0.3) is 0 Å². The maximum Gasteiger partial charge on any atom is 0.326 e. The van der Waals surface area contributed by atoms with Gasteiger partial charge in [-0.2, -0.15) is 11.3 Å². The molecule has 0 aromatic carbocycles. The molecule has 1 aliphatic rings. The number of likely N-dealkylation sites (tertiary alicyclic amines) is 1. The van der Waals surface area contributed by atoms with Crippen molar-refractivity contribution in [2.75, 3.05) is 6.54 Å². The first-order valence-electron chi connectivity index (χ1n) is 6.16. The van der Waals surface area contributed by atoms with Crippen molar-refractivity contribution in [1.29, 1.82) is 0 Å². The Kier molecular flexibility index (Phi) is 4.01. The van der Waals surface area contributed by atoms with Crippen molar-refractivity contribution in [1.82, 2.24) is 4.90 Å². The van der Waals surface area contributed by atoms with Gasteiger partial charge in [0, 0.05) is 6.54 Å². The van der Waals surface area contributed by atoms with Crippen molar-refractivity contribution >= 4 is 23.2 Å². The zero-order chi connectivity index (χ0) is 13.1. The van der Waals surface area contributed by atoms with Crippen LogP contribution in [0, 0.1) is 0 Å². The highest BCUT2D eigenvalue weighted by molar-refractivity contribution is 7.08. The molecular formula is C13H17NO3S. The van der Waals surface area contributed by atoms with Crippen LogP contribution in [0.2, 0.25) is 0 Å². The number of carboxylic acid groups (broad SMARTS) is 1. The molecule has 4 nitrogen and oxygen atoms in total. The van der Waals surface area contributed by atoms with Gasteiger partial charge in [0.1, 0.15) is 6.04 Å². The smallest absolute Gasteiger partial charge is 0.326 e. The summed E-state index contributed by atoms with van der Waals surface area (Å²) in [5, 5.41) is 13.1. The van der Waals surface area contributed by atoms with Crippen molar-refractivity contribution in [3.8, 4) is 0 Å². The molecule has 0 unspecified atom stereocenters. The fourth-order valence-corrected chi connectivity index (χ4v) is 3.12. The number of aliphatic carboxylic acids is 1. The molecule has 98 valence electrons. The van der Waals surface area contributed by atoms with Gasteiger partial charge in [0.2, 0.25) is 5.91 Å². The number of carbonyl (C=O) groups is 2. The second-order valence-electron chi connectivity index (χ2n) is 4.66. The van der Waals surface area contributed by atoms with E-state index in [9.17, 15) is 14.7 Å². The van der Waals surface area contributed by atoms with Crippen LogP contribution in [0.4, 0.5) is 0 Å². The van der Waals surface area contributed by atoms with E-state index in [1.165, 1.54) is 4.90 Å². The summed E-state index contributed by atoms with van der Waals surface area (Å²) in [4.78, 5) is 25.1. The summed E-state index contributed by atoms with van der Waals surface area (Å²) < 4.78 is 0. The number of carboxylic acids is 1. The molecule has 5 heteroatoms. The molecule has 0 aliphatic carbocycles. The first-order valence-corrected chi connectivity index (χ1v) is 7.11. The minimum atomic E-state index is -0.888. The lowest BCUT2D eigenvalue weighted by Crippen LogP contribution is -2.49. The Balaban J connectivity index is 2.13. The average Bonchev–Trinajstić information content (AvgIpc) is 2.90. The number of nitrogens with zero attached hydrogens (tertiary/aromatic N) is 1. The normalized spacial score (nSPS) is 21.6. The Hall–Kier alpha value is -1.36. The Morgan fingerprint density at radius 3 is 2.89 bits per heavy atom. The monoisotopic (exact) mass is 267 g/mol. The molecule has 1 N–H and O–H groups in total. The van der Waals surface area contributed by atoms with Crippen LogP contribution >= 0.6 is 11.3 Å². The lowest BCUT2D eigenvalue weighted by Gasteiger charge is -2.34. The largest absolute Gasteiger partial charge is 0.480 e. The number of thiophene rings is 1. The van der Waals surface area contributed by atoms with Gasteiger partial charge in [-0.15, -0.1) is 0 Å². The number of carbonyl (C=O) groups excluding carboxylic acids is 1. The van der Waals surface area contributed by atoms with Gasteiger partial charge in [0.25, 0.3) is 0 Å². The number of amides is 1. The van der Waals surface area contributed by atoms with Crippen molar-refractivity contribution in [2.45, 2.75) is 38.1 Å². The van der Waals surface area contributed by atoms with E-state index >= 15 is 0 Å². The third-order valence-electron chi connectivity index (χ3n) is 3.48. The molecule has 0 bridgehead atoms. The summed E-state index contributed by atoms with van der Waals surface area (Å²) >= 11 is 1.55. The molecule has 1 saturated heterocycles. The summed E-state index contributed by atoms with van der Waals surface area (Å²) in [5.41, 5.74) is 0.972. The Morgan fingerprint density at radius 1 is 1.50 bits per heavy atom. The summed E-state index contributed by atoms with van der Waals surface area (Å²) in [6, 6.07) is 1.28. The first kappa shape index (κ1) is 13.1. The standard InChI is InChI=1S/C13H17NO3S/c1-9(10-5-7-18-8-10)12(15)14-6-3-2-4-11(14)13(16)17/h5,7-9,11H,2-4,6H2,1H3,(H,16,17)/t9-,11-/m1/s1. The molecule has 1 aromatic heterocycles. The topological polar surface area (TPSA) is 57.6 Å². The molecular weight excluding hydrogens is 250 g/mol. The van der Waals surface area contributed by atoms with Gasteiger partial charge in [-0.3, -0.25) is 4.79 Å². The summed E-state index contributed by atoms with van der Waals surface area (Å²) in [6.45, 7) is 2.40. The Bertz CT molecular complexity index is 429. The van der Waals surface area contributed by atoms with E-state index in [-0.39, 0.29) is 11.8 Å². The summed E-state index contributed by atoms with van der Waals surface area (Å²) in [5.74, 6) is -1.21. The predicted molar refractivity (Wildman–Crippen MR) is 69.7 cm³/mol. The van der Waals surface area contributed by atoms with E-state index in [1.54, 1.807) is 11.3 Å². The molecule has 2 rings (SSSR count). The molecule has 0 spiro atoms. The molecule has 1 aliphatic heterocycles. The highest BCUT2D eigenvalue weighted by Gasteiger charge is 2.34. The maximum absolute atomic E-state index is 12.4. The van der Waals surface area contributed by atoms with E-state index in [4.69, 9.17) is 0 Å². The fourth-order valence-electron chi connectivity index (χ4n) is 2.36. The number of hydrogen-bond donors (Lipinski definition) is 1. The zero-order valence-electron chi connectivity index (χ0n) is 10.3. The van der Waals surface area contributed by atoms with Crippen LogP contribution < -0.4 is 0 Å². The van der Waals surface area contributed by atoms with E-state index in [0.29, 0.717) is 13.0 Å². The van der Waals surface area contributed by atoms with Crippen molar-refractivity contribution in [3.63, 3.8) is 0 Å². The first-order chi connectivity index (χ1) is 8.61. The molecule has 0 saturated carbocycles. The van der Waals surface area contributed by atoms with Crippen LogP contribution in [0.15, 0.2) is 16.8 Å². The van der Waals surface area contributed by atoms with Crippen molar-refractivity contribution < 1.29 is 14.7 Å². The highest BCUT2D eigenvalue weighted by atomic mass is 32.1. The number of rotatable bonds is 3. The molecule has 1 aromatic rings. The lowest BCUT2D eigenvalue weighted by molar-refractivity contribution is -0.152. The molecule has 2 heterocycles. The van der Waals surface area contributed by atoms with E-state index in [2.05, 4.69) is 0 Å². The third-order valence-corrected chi connectivity index (χ3v) is 4.19. The van der Waals surface area contributed by atoms with Crippen LogP contribution in [0.1, 0.15) is 37.7 Å².